The third kappa shape index (κ3) is 6.33. The van der Waals surface area contributed by atoms with Crippen LogP contribution in [0.15, 0.2) is 42.5 Å². The lowest BCUT2D eigenvalue weighted by Crippen LogP contribution is -2.59. The fourth-order valence-corrected chi connectivity index (χ4v) is 4.95. The fraction of sp³-hybridized carbons (Fsp3) is 0.400. The molecular formula is C25H29N3O10S. The van der Waals surface area contributed by atoms with E-state index in [0.29, 0.717) is 34.8 Å². The molecule has 210 valence electrons. The van der Waals surface area contributed by atoms with Crippen LogP contribution in [0.3, 0.4) is 0 Å². The Morgan fingerprint density at radius 1 is 1.00 bits per heavy atom. The van der Waals surface area contributed by atoms with E-state index >= 15 is 0 Å². The molecule has 14 heteroatoms. The minimum Gasteiger partial charge on any atom is -0.486 e. The van der Waals surface area contributed by atoms with Gasteiger partial charge in [-0.3, -0.25) is 14.9 Å². The van der Waals surface area contributed by atoms with Crippen molar-refractivity contribution in [2.45, 2.75) is 49.2 Å². The molecule has 1 aromatic heterocycles. The van der Waals surface area contributed by atoms with Crippen molar-refractivity contribution < 1.29 is 49.3 Å². The van der Waals surface area contributed by atoms with E-state index in [2.05, 4.69) is 10.3 Å². The number of hydrogen-bond donors (Lipinski definition) is 6. The summed E-state index contributed by atoms with van der Waals surface area (Å²) in [5.74, 6) is 1.27. The summed E-state index contributed by atoms with van der Waals surface area (Å²) in [7, 11) is 2.81. The Morgan fingerprint density at radius 3 is 2.36 bits per heavy atom. The van der Waals surface area contributed by atoms with Gasteiger partial charge >= 0.3 is 0 Å². The molecule has 2 fully saturated rings. The molecule has 6 N–H and O–H groups in total. The Morgan fingerprint density at radius 2 is 1.69 bits per heavy atom. The highest BCUT2D eigenvalue weighted by Crippen LogP contribution is 2.27. The van der Waals surface area contributed by atoms with Gasteiger partial charge in [-0.2, -0.15) is 0 Å². The number of ether oxygens (including phenoxy) is 3. The van der Waals surface area contributed by atoms with Gasteiger partial charge in [-0.05, 0) is 36.2 Å². The standard InChI is InChI=1S/C24H25N3O9S.CH4O/c1-27-15-9-13(35-23-20(30)18(28)19(29)22(32)36-23)6-7-14(15)25-17(27)10-34-12-4-2-11(3-5-12)8-16-21(31)26-24(33)37-16;1-2/h2-7,9,16,18-20,22-23,28-30,32H,8,10H2,1H3,(H,26,31,33);2H,1H3/t16?,18-,19+,20?,22?,23-;/m1./s1. The molecule has 6 atom stereocenters. The molecule has 0 aliphatic carbocycles. The van der Waals surface area contributed by atoms with Gasteiger partial charge in [0.2, 0.25) is 12.2 Å². The number of aromatic nitrogens is 2. The SMILES string of the molecule is CO.Cn1c(COc2ccc(CC3SC(=O)NC3=O)cc2)nc2ccc(O[C@@H]3OC(O)[C@@H](O)[C@@H](O)C3O)cc21. The average molecular weight is 564 g/mol. The Labute approximate surface area is 226 Å². The van der Waals surface area contributed by atoms with E-state index in [0.717, 1.165) is 24.4 Å². The number of carbonyl (C=O) groups is 2. The number of aryl methyl sites for hydroxylation is 1. The third-order valence-corrected chi connectivity index (χ3v) is 7.20. The van der Waals surface area contributed by atoms with Crippen LogP contribution in [-0.4, -0.2) is 89.5 Å². The van der Waals surface area contributed by atoms with Crippen molar-refractivity contribution >= 4 is 33.9 Å². The summed E-state index contributed by atoms with van der Waals surface area (Å²) < 4.78 is 18.4. The van der Waals surface area contributed by atoms with Crippen LogP contribution >= 0.6 is 11.8 Å². The molecule has 2 aliphatic rings. The highest BCUT2D eigenvalue weighted by atomic mass is 32.2. The third-order valence-electron chi connectivity index (χ3n) is 6.22. The van der Waals surface area contributed by atoms with Gasteiger partial charge in [-0.1, -0.05) is 23.9 Å². The minimum atomic E-state index is -1.70. The molecule has 2 aromatic carbocycles. The van der Waals surface area contributed by atoms with Crippen molar-refractivity contribution in [1.29, 1.82) is 0 Å². The van der Waals surface area contributed by atoms with Gasteiger partial charge in [0, 0.05) is 20.2 Å². The van der Waals surface area contributed by atoms with Gasteiger partial charge in [0.05, 0.1) is 16.3 Å². The Kier molecular flexibility index (Phi) is 9.07. The second-order valence-corrected chi connectivity index (χ2v) is 9.92. The van der Waals surface area contributed by atoms with Gasteiger partial charge in [-0.25, -0.2) is 4.98 Å². The van der Waals surface area contributed by atoms with E-state index in [-0.39, 0.29) is 17.8 Å². The average Bonchev–Trinajstić information content (AvgIpc) is 3.43. The number of fused-ring (bicyclic) bond motifs is 1. The molecule has 3 aromatic rings. The van der Waals surface area contributed by atoms with Gasteiger partial charge in [0.15, 0.2) is 6.29 Å². The number of nitrogens with one attached hydrogen (secondary N) is 1. The van der Waals surface area contributed by atoms with E-state index in [9.17, 15) is 30.0 Å². The highest BCUT2D eigenvalue weighted by Gasteiger charge is 2.44. The first kappa shape index (κ1) is 28.8. The largest absolute Gasteiger partial charge is 0.486 e. The Hall–Kier alpha value is -3.24. The normalized spacial score (nSPS) is 26.6. The van der Waals surface area contributed by atoms with Crippen LogP contribution in [0, 0.1) is 0 Å². The van der Waals surface area contributed by atoms with Crippen LogP contribution in [0.4, 0.5) is 4.79 Å². The second kappa shape index (κ2) is 12.3. The molecular weight excluding hydrogens is 534 g/mol. The minimum absolute atomic E-state index is 0.177. The van der Waals surface area contributed by atoms with Gasteiger partial charge in [0.1, 0.15) is 42.2 Å². The van der Waals surface area contributed by atoms with Crippen molar-refractivity contribution in [3.8, 4) is 11.5 Å². The highest BCUT2D eigenvalue weighted by molar-refractivity contribution is 8.15. The number of aliphatic hydroxyl groups is 5. The molecule has 2 aliphatic heterocycles. The first-order valence-electron chi connectivity index (χ1n) is 11.9. The molecule has 13 nitrogen and oxygen atoms in total. The monoisotopic (exact) mass is 563 g/mol. The summed E-state index contributed by atoms with van der Waals surface area (Å²) in [5.41, 5.74) is 2.29. The zero-order valence-corrected chi connectivity index (χ0v) is 21.8. The number of benzene rings is 2. The van der Waals surface area contributed by atoms with Crippen LogP contribution < -0.4 is 14.8 Å². The predicted octanol–water partition coefficient (Wildman–Crippen LogP) is -0.209. The second-order valence-electron chi connectivity index (χ2n) is 8.74. The predicted molar refractivity (Wildman–Crippen MR) is 138 cm³/mol. The van der Waals surface area contributed by atoms with Crippen molar-refractivity contribution in [1.82, 2.24) is 14.9 Å². The Bertz CT molecular complexity index is 1320. The van der Waals surface area contributed by atoms with Crippen molar-refractivity contribution in [3.05, 3.63) is 53.9 Å². The first-order valence-corrected chi connectivity index (χ1v) is 12.8. The number of nitrogens with zero attached hydrogens (tertiary/aromatic N) is 2. The number of amides is 2. The lowest BCUT2D eigenvalue weighted by atomic mass is 10.0. The maximum Gasteiger partial charge on any atom is 0.286 e. The molecule has 5 rings (SSSR count). The number of rotatable bonds is 7. The lowest BCUT2D eigenvalue weighted by molar-refractivity contribution is -0.321. The molecule has 39 heavy (non-hydrogen) atoms. The summed E-state index contributed by atoms with van der Waals surface area (Å²) in [6.45, 7) is 0.177. The maximum atomic E-state index is 11.8. The zero-order valence-electron chi connectivity index (χ0n) is 21.0. The Balaban J connectivity index is 0.00000172. The van der Waals surface area contributed by atoms with Crippen LogP contribution in [0.25, 0.3) is 11.0 Å². The van der Waals surface area contributed by atoms with E-state index in [1.807, 2.05) is 23.7 Å². The quantitative estimate of drug-likeness (QED) is 0.222. The molecule has 3 heterocycles. The smallest absolute Gasteiger partial charge is 0.286 e. The molecule has 2 saturated heterocycles. The number of imide groups is 1. The topological polar surface area (TPSA) is 193 Å². The van der Waals surface area contributed by atoms with Crippen molar-refractivity contribution in [2.24, 2.45) is 7.05 Å². The molecule has 0 spiro atoms. The van der Waals surface area contributed by atoms with Gasteiger partial charge in [0.25, 0.3) is 5.24 Å². The molecule has 0 bridgehead atoms. The van der Waals surface area contributed by atoms with E-state index in [1.54, 1.807) is 30.3 Å². The van der Waals surface area contributed by atoms with E-state index < -0.39 is 36.1 Å². The van der Waals surface area contributed by atoms with Crippen molar-refractivity contribution in [2.75, 3.05) is 7.11 Å². The number of imidazole rings is 1. The molecule has 0 radical (unpaired) electrons. The summed E-state index contributed by atoms with van der Waals surface area (Å²) in [6, 6.07) is 12.3. The van der Waals surface area contributed by atoms with Crippen LogP contribution in [0.5, 0.6) is 11.5 Å². The van der Waals surface area contributed by atoms with Gasteiger partial charge < -0.3 is 44.3 Å². The van der Waals surface area contributed by atoms with E-state index in [4.69, 9.17) is 19.3 Å². The number of aliphatic hydroxyl groups excluding tert-OH is 5. The summed E-state index contributed by atoms with van der Waals surface area (Å²) in [5, 5.41) is 47.8. The maximum absolute atomic E-state index is 11.8. The summed E-state index contributed by atoms with van der Waals surface area (Å²) >= 11 is 0.992. The lowest BCUT2D eigenvalue weighted by Gasteiger charge is -2.37. The van der Waals surface area contributed by atoms with E-state index in [1.165, 1.54) is 0 Å². The fourth-order valence-electron chi connectivity index (χ4n) is 4.10. The summed E-state index contributed by atoms with van der Waals surface area (Å²) in [6.07, 6.45) is -7.48. The van der Waals surface area contributed by atoms with Crippen LogP contribution in [-0.2, 0) is 29.6 Å². The molecule has 3 unspecified atom stereocenters. The molecule has 0 saturated carbocycles. The zero-order chi connectivity index (χ0) is 28.3. The van der Waals surface area contributed by atoms with Crippen LogP contribution in [0.1, 0.15) is 11.4 Å². The summed E-state index contributed by atoms with van der Waals surface area (Å²) in [4.78, 5) is 27.7. The number of thioether (sulfide) groups is 1. The molecule has 2 amide bonds. The number of hydrogen-bond acceptors (Lipinski definition) is 12. The van der Waals surface area contributed by atoms with Crippen molar-refractivity contribution in [3.63, 3.8) is 0 Å². The number of carbonyl (C=O) groups excluding carboxylic acids is 2. The van der Waals surface area contributed by atoms with Gasteiger partial charge in [-0.15, -0.1) is 0 Å². The first-order chi connectivity index (χ1) is 18.7. The van der Waals surface area contributed by atoms with Crippen LogP contribution in [0.2, 0.25) is 0 Å².